The Morgan fingerprint density at radius 2 is 1.79 bits per heavy atom. The van der Waals surface area contributed by atoms with Crippen molar-refractivity contribution in [3.63, 3.8) is 0 Å². The van der Waals surface area contributed by atoms with Gasteiger partial charge in [-0.2, -0.15) is 0 Å². The number of hydrogen-bond acceptors (Lipinski definition) is 5. The number of nitrogens with one attached hydrogen (secondary N) is 2. The van der Waals surface area contributed by atoms with Gasteiger partial charge in [0.1, 0.15) is 9.79 Å². The van der Waals surface area contributed by atoms with Crippen molar-refractivity contribution in [3.05, 3.63) is 23.8 Å². The van der Waals surface area contributed by atoms with Crippen LogP contribution in [0.15, 0.2) is 28.0 Å². The standard InChI is InChI=1S/C15H23N3O4S2/c16-23(19,20)15-13(11-4-1-2-5-11)6-3-7-14(15)24(21,22)18-12-8-9-17-10-12/h3,6-7,11-12,17-18H,1-2,4-5,8-10H2,(H2,16,19,20). The molecule has 4 N–H and O–H groups in total. The van der Waals surface area contributed by atoms with E-state index in [9.17, 15) is 16.8 Å². The summed E-state index contributed by atoms with van der Waals surface area (Å²) in [4.78, 5) is -0.475. The lowest BCUT2D eigenvalue weighted by molar-refractivity contribution is 0.553. The SMILES string of the molecule is NS(=O)(=O)c1c(C2CCCC2)cccc1S(=O)(=O)NC1CCNC1. The Morgan fingerprint density at radius 1 is 1.08 bits per heavy atom. The third-order valence-electron chi connectivity index (χ3n) is 4.76. The van der Waals surface area contributed by atoms with Crippen LogP contribution >= 0.6 is 0 Å². The summed E-state index contributed by atoms with van der Waals surface area (Å²) >= 11 is 0. The third kappa shape index (κ3) is 3.65. The molecular weight excluding hydrogens is 350 g/mol. The first-order valence-corrected chi connectivity index (χ1v) is 11.2. The Hall–Kier alpha value is -1.00. The van der Waals surface area contributed by atoms with Crippen LogP contribution in [0.5, 0.6) is 0 Å². The molecule has 1 heterocycles. The Balaban J connectivity index is 2.08. The Morgan fingerprint density at radius 3 is 2.38 bits per heavy atom. The summed E-state index contributed by atoms with van der Waals surface area (Å²) in [5, 5.41) is 8.48. The van der Waals surface area contributed by atoms with E-state index in [4.69, 9.17) is 5.14 Å². The third-order valence-corrected chi connectivity index (χ3v) is 7.48. The van der Waals surface area contributed by atoms with E-state index in [0.717, 1.165) is 32.2 Å². The summed E-state index contributed by atoms with van der Waals surface area (Å²) in [6, 6.07) is 4.37. The summed E-state index contributed by atoms with van der Waals surface area (Å²) in [5.74, 6) is 0.0432. The van der Waals surface area contributed by atoms with Gasteiger partial charge in [-0.05, 0) is 43.4 Å². The molecule has 1 aromatic rings. The smallest absolute Gasteiger partial charge is 0.242 e. The van der Waals surface area contributed by atoms with Gasteiger partial charge in [0.15, 0.2) is 0 Å². The van der Waals surface area contributed by atoms with Crippen molar-refractivity contribution in [1.82, 2.24) is 10.0 Å². The van der Waals surface area contributed by atoms with Gasteiger partial charge in [-0.25, -0.2) is 26.7 Å². The van der Waals surface area contributed by atoms with Crippen LogP contribution in [0.4, 0.5) is 0 Å². The van der Waals surface area contributed by atoms with Crippen molar-refractivity contribution in [3.8, 4) is 0 Å². The molecule has 0 radical (unpaired) electrons. The highest BCUT2D eigenvalue weighted by molar-refractivity contribution is 7.92. The maximum Gasteiger partial charge on any atom is 0.242 e. The van der Waals surface area contributed by atoms with E-state index in [0.29, 0.717) is 18.5 Å². The minimum atomic E-state index is -4.15. The molecule has 0 aromatic heterocycles. The largest absolute Gasteiger partial charge is 0.315 e. The predicted octanol–water partition coefficient (Wildman–Crippen LogP) is 0.632. The van der Waals surface area contributed by atoms with E-state index in [2.05, 4.69) is 10.0 Å². The van der Waals surface area contributed by atoms with Crippen molar-refractivity contribution in [2.75, 3.05) is 13.1 Å². The van der Waals surface area contributed by atoms with Gasteiger partial charge in [0.05, 0.1) is 0 Å². The summed E-state index contributed by atoms with van der Waals surface area (Å²) in [6.45, 7) is 1.27. The maximum absolute atomic E-state index is 12.8. The van der Waals surface area contributed by atoms with Gasteiger partial charge in [0.25, 0.3) is 0 Å². The average molecular weight is 374 g/mol. The zero-order valence-electron chi connectivity index (χ0n) is 13.4. The summed E-state index contributed by atoms with van der Waals surface area (Å²) < 4.78 is 52.5. The summed E-state index contributed by atoms with van der Waals surface area (Å²) in [5.41, 5.74) is 0.530. The quantitative estimate of drug-likeness (QED) is 0.700. The van der Waals surface area contributed by atoms with Gasteiger partial charge in [-0.1, -0.05) is 25.0 Å². The van der Waals surface area contributed by atoms with Crippen molar-refractivity contribution in [2.45, 2.75) is 53.9 Å². The molecule has 24 heavy (non-hydrogen) atoms. The molecule has 0 amide bonds. The molecule has 0 spiro atoms. The van der Waals surface area contributed by atoms with Crippen molar-refractivity contribution in [1.29, 1.82) is 0 Å². The Bertz CT molecular complexity index is 809. The van der Waals surface area contributed by atoms with E-state index in [-0.39, 0.29) is 21.8 Å². The zero-order valence-corrected chi connectivity index (χ0v) is 15.0. The average Bonchev–Trinajstić information content (AvgIpc) is 3.18. The van der Waals surface area contributed by atoms with Crippen LogP contribution in [0.25, 0.3) is 0 Å². The van der Waals surface area contributed by atoms with Gasteiger partial charge in [0, 0.05) is 12.6 Å². The first-order chi connectivity index (χ1) is 11.3. The number of nitrogens with two attached hydrogens (primary N) is 1. The molecule has 1 aliphatic heterocycles. The molecule has 0 bridgehead atoms. The monoisotopic (exact) mass is 373 g/mol. The number of rotatable bonds is 5. The van der Waals surface area contributed by atoms with Gasteiger partial charge >= 0.3 is 0 Å². The predicted molar refractivity (Wildman–Crippen MR) is 90.6 cm³/mol. The molecule has 1 aliphatic carbocycles. The number of primary sulfonamides is 1. The second-order valence-corrected chi connectivity index (χ2v) is 9.69. The van der Waals surface area contributed by atoms with Crippen LogP contribution in [0.3, 0.4) is 0 Å². The van der Waals surface area contributed by atoms with Crippen LogP contribution < -0.4 is 15.2 Å². The molecule has 9 heteroatoms. The van der Waals surface area contributed by atoms with E-state index >= 15 is 0 Å². The molecule has 7 nitrogen and oxygen atoms in total. The highest BCUT2D eigenvalue weighted by Gasteiger charge is 2.32. The van der Waals surface area contributed by atoms with Gasteiger partial charge in [-0.3, -0.25) is 0 Å². The maximum atomic E-state index is 12.8. The molecule has 3 rings (SSSR count). The second-order valence-electron chi connectivity index (χ2n) is 6.51. The first kappa shape index (κ1) is 17.8. The minimum absolute atomic E-state index is 0.0432. The van der Waals surface area contributed by atoms with Crippen molar-refractivity contribution in [2.24, 2.45) is 5.14 Å². The molecule has 1 atom stereocenters. The van der Waals surface area contributed by atoms with Crippen molar-refractivity contribution < 1.29 is 16.8 Å². The Labute approximate surface area is 143 Å². The molecule has 1 unspecified atom stereocenters. The Kier molecular flexibility index (Phi) is 4.99. The lowest BCUT2D eigenvalue weighted by Gasteiger charge is -2.19. The second kappa shape index (κ2) is 6.72. The molecule has 1 saturated carbocycles. The first-order valence-electron chi connectivity index (χ1n) is 8.18. The van der Waals surface area contributed by atoms with Gasteiger partial charge in [-0.15, -0.1) is 0 Å². The van der Waals surface area contributed by atoms with E-state index in [1.807, 2.05) is 0 Å². The molecule has 134 valence electrons. The normalized spacial score (nSPS) is 23.0. The molecule has 2 fully saturated rings. The minimum Gasteiger partial charge on any atom is -0.315 e. The molecule has 2 aliphatic rings. The van der Waals surface area contributed by atoms with E-state index in [1.54, 1.807) is 12.1 Å². The number of benzene rings is 1. The van der Waals surface area contributed by atoms with Gasteiger partial charge < -0.3 is 5.32 Å². The topological polar surface area (TPSA) is 118 Å². The van der Waals surface area contributed by atoms with Crippen LogP contribution in [-0.2, 0) is 20.0 Å². The lowest BCUT2D eigenvalue weighted by atomic mass is 9.98. The summed E-state index contributed by atoms with van der Waals surface area (Å²) in [6.07, 6.45) is 4.40. The van der Waals surface area contributed by atoms with Crippen LogP contribution in [0, 0.1) is 0 Å². The van der Waals surface area contributed by atoms with E-state index in [1.165, 1.54) is 6.07 Å². The number of sulfonamides is 2. The fourth-order valence-corrected chi connectivity index (χ4v) is 6.62. The summed E-state index contributed by atoms with van der Waals surface area (Å²) in [7, 11) is -8.11. The zero-order chi connectivity index (χ0) is 17.4. The molecule has 1 saturated heterocycles. The van der Waals surface area contributed by atoms with Crippen LogP contribution in [-0.4, -0.2) is 36.0 Å². The fraction of sp³-hybridized carbons (Fsp3) is 0.600. The fourth-order valence-electron chi connectivity index (χ4n) is 3.65. The number of hydrogen-bond donors (Lipinski definition) is 3. The van der Waals surface area contributed by atoms with Gasteiger partial charge in [0.2, 0.25) is 20.0 Å². The van der Waals surface area contributed by atoms with Crippen molar-refractivity contribution >= 4 is 20.0 Å². The highest BCUT2D eigenvalue weighted by atomic mass is 32.2. The lowest BCUT2D eigenvalue weighted by Crippen LogP contribution is -2.37. The highest BCUT2D eigenvalue weighted by Crippen LogP contribution is 2.39. The van der Waals surface area contributed by atoms with Crippen LogP contribution in [0.1, 0.15) is 43.6 Å². The van der Waals surface area contributed by atoms with E-state index < -0.39 is 20.0 Å². The molecular formula is C15H23N3O4S2. The molecule has 1 aromatic carbocycles. The van der Waals surface area contributed by atoms with Crippen LogP contribution in [0.2, 0.25) is 0 Å².